The van der Waals surface area contributed by atoms with E-state index in [1.54, 1.807) is 4.90 Å². The van der Waals surface area contributed by atoms with Crippen LogP contribution in [-0.4, -0.2) is 34.5 Å². The van der Waals surface area contributed by atoms with Crippen molar-refractivity contribution in [2.24, 2.45) is 0 Å². The van der Waals surface area contributed by atoms with Crippen molar-refractivity contribution in [2.45, 2.75) is 25.8 Å². The molecule has 6 rings (SSSR count). The maximum absolute atomic E-state index is 14.4. The lowest BCUT2D eigenvalue weighted by atomic mass is 9.97. The average molecular weight is 563 g/mol. The van der Waals surface area contributed by atoms with Crippen molar-refractivity contribution in [3.05, 3.63) is 126 Å². The fourth-order valence-electron chi connectivity index (χ4n) is 5.59. The highest BCUT2D eigenvalue weighted by molar-refractivity contribution is 6.30. The monoisotopic (exact) mass is 562 g/mol. The predicted octanol–water partition coefficient (Wildman–Crippen LogP) is 8.05. The molecule has 1 unspecified atom stereocenters. The van der Waals surface area contributed by atoms with E-state index in [-0.39, 0.29) is 24.5 Å². The topological polar surface area (TPSA) is 57.6 Å². The van der Waals surface area contributed by atoms with Gasteiger partial charge in [-0.25, -0.2) is 4.79 Å². The molecule has 206 valence electrons. The first kappa shape index (κ1) is 26.7. The molecule has 0 bridgehead atoms. The van der Waals surface area contributed by atoms with Gasteiger partial charge < -0.3 is 14.8 Å². The standard InChI is InChI=1S/C34H31ClN4O2/c1-2-3-21-37(34(41)36-28-13-8-11-24-10-4-5-12-27(24)28)23-32(40)39-30-15-7-6-14-29(30)38-22-9-16-31(38)33(39)25-17-19-26(35)20-18-25/h4-20,22,33H,2-3,21,23H2,1H3,(H,36,41). The Balaban J connectivity index is 1.35. The molecule has 0 saturated carbocycles. The Morgan fingerprint density at radius 2 is 1.59 bits per heavy atom. The Morgan fingerprint density at radius 1 is 0.854 bits per heavy atom. The fraction of sp³-hybridized carbons (Fsp3) is 0.176. The van der Waals surface area contributed by atoms with Gasteiger partial charge >= 0.3 is 6.03 Å². The Hall–Kier alpha value is -4.55. The number of amides is 3. The van der Waals surface area contributed by atoms with Gasteiger partial charge in [0.05, 0.1) is 22.8 Å². The molecule has 4 aromatic carbocycles. The molecule has 0 fully saturated rings. The second-order valence-electron chi connectivity index (χ2n) is 10.2. The minimum atomic E-state index is -0.376. The third-order valence-corrected chi connectivity index (χ3v) is 7.85. The van der Waals surface area contributed by atoms with Crippen molar-refractivity contribution in [1.29, 1.82) is 0 Å². The molecule has 5 aromatic rings. The van der Waals surface area contributed by atoms with Gasteiger partial charge in [-0.15, -0.1) is 0 Å². The van der Waals surface area contributed by atoms with Crippen LogP contribution in [0.5, 0.6) is 0 Å². The molecule has 7 heteroatoms. The SMILES string of the molecule is CCCCN(CC(=O)N1c2ccccc2-n2cccc2C1c1ccc(Cl)cc1)C(=O)Nc1cccc2ccccc12. The Bertz CT molecular complexity index is 1710. The molecule has 0 saturated heterocycles. The quantitative estimate of drug-likeness (QED) is 0.218. The first-order valence-electron chi connectivity index (χ1n) is 13.9. The number of nitrogens with one attached hydrogen (secondary N) is 1. The number of hydrogen-bond donors (Lipinski definition) is 1. The maximum Gasteiger partial charge on any atom is 0.322 e. The molecule has 1 aliphatic heterocycles. The largest absolute Gasteiger partial charge is 0.322 e. The second kappa shape index (κ2) is 11.5. The zero-order chi connectivity index (χ0) is 28.3. The van der Waals surface area contributed by atoms with Crippen molar-refractivity contribution in [2.75, 3.05) is 23.3 Å². The molecule has 41 heavy (non-hydrogen) atoms. The minimum Gasteiger partial charge on any atom is -0.316 e. The van der Waals surface area contributed by atoms with Gasteiger partial charge in [0.15, 0.2) is 0 Å². The number of halogens is 1. The average Bonchev–Trinajstić information content (AvgIpc) is 3.49. The van der Waals surface area contributed by atoms with Crippen LogP contribution in [0, 0.1) is 0 Å². The van der Waals surface area contributed by atoms with Crippen LogP contribution >= 0.6 is 11.6 Å². The van der Waals surface area contributed by atoms with Gasteiger partial charge in [-0.2, -0.15) is 0 Å². The Morgan fingerprint density at radius 3 is 2.39 bits per heavy atom. The normalized spacial score (nSPS) is 13.9. The number of fused-ring (bicyclic) bond motifs is 4. The summed E-state index contributed by atoms with van der Waals surface area (Å²) in [6.45, 7) is 2.49. The molecule has 3 amide bonds. The number of hydrogen-bond acceptors (Lipinski definition) is 2. The highest BCUT2D eigenvalue weighted by atomic mass is 35.5. The van der Waals surface area contributed by atoms with Crippen molar-refractivity contribution in [1.82, 2.24) is 9.47 Å². The summed E-state index contributed by atoms with van der Waals surface area (Å²) in [5.41, 5.74) is 4.36. The van der Waals surface area contributed by atoms with Gasteiger partial charge in [-0.1, -0.05) is 85.6 Å². The fourth-order valence-corrected chi connectivity index (χ4v) is 5.72. The molecule has 0 radical (unpaired) electrons. The van der Waals surface area contributed by atoms with Crippen LogP contribution in [0.15, 0.2) is 109 Å². The van der Waals surface area contributed by atoms with Crippen molar-refractivity contribution >= 4 is 45.7 Å². The zero-order valence-corrected chi connectivity index (χ0v) is 23.6. The highest BCUT2D eigenvalue weighted by Gasteiger charge is 2.37. The Kier molecular flexibility index (Phi) is 7.49. The maximum atomic E-state index is 14.4. The number of unbranched alkanes of at least 4 members (excludes halogenated alkanes) is 1. The molecule has 0 aliphatic carbocycles. The summed E-state index contributed by atoms with van der Waals surface area (Å²) in [7, 11) is 0. The molecule has 1 N–H and O–H groups in total. The van der Waals surface area contributed by atoms with Crippen molar-refractivity contribution in [3.63, 3.8) is 0 Å². The first-order chi connectivity index (χ1) is 20.0. The van der Waals surface area contributed by atoms with E-state index in [9.17, 15) is 9.59 Å². The molecule has 2 heterocycles. The van der Waals surface area contributed by atoms with Crippen molar-refractivity contribution < 1.29 is 9.59 Å². The Labute approximate surface area is 244 Å². The van der Waals surface area contributed by atoms with Gasteiger partial charge in [0.25, 0.3) is 0 Å². The van der Waals surface area contributed by atoms with E-state index in [2.05, 4.69) is 16.8 Å². The van der Waals surface area contributed by atoms with E-state index in [1.807, 2.05) is 114 Å². The lowest BCUT2D eigenvalue weighted by Crippen LogP contribution is -2.48. The number of carbonyl (C=O) groups excluding carboxylic acids is 2. The van der Waals surface area contributed by atoms with E-state index in [4.69, 9.17) is 11.6 Å². The van der Waals surface area contributed by atoms with Gasteiger partial charge in [-0.3, -0.25) is 9.69 Å². The smallest absolute Gasteiger partial charge is 0.316 e. The summed E-state index contributed by atoms with van der Waals surface area (Å²) in [6.07, 6.45) is 3.71. The lowest BCUT2D eigenvalue weighted by molar-refractivity contribution is -0.119. The minimum absolute atomic E-state index is 0.0598. The highest BCUT2D eigenvalue weighted by Crippen LogP contribution is 2.42. The van der Waals surface area contributed by atoms with E-state index in [0.29, 0.717) is 11.6 Å². The first-order valence-corrected chi connectivity index (χ1v) is 14.3. The van der Waals surface area contributed by atoms with Crippen LogP contribution < -0.4 is 10.2 Å². The van der Waals surface area contributed by atoms with Gasteiger partial charge in [0.1, 0.15) is 12.6 Å². The number of nitrogens with zero attached hydrogens (tertiary/aromatic N) is 3. The third-order valence-electron chi connectivity index (χ3n) is 7.60. The number of para-hydroxylation sites is 2. The number of carbonyl (C=O) groups is 2. The van der Waals surface area contributed by atoms with E-state index >= 15 is 0 Å². The summed E-state index contributed by atoms with van der Waals surface area (Å²) in [6, 6.07) is 32.6. The zero-order valence-electron chi connectivity index (χ0n) is 22.8. The number of urea groups is 1. The summed E-state index contributed by atoms with van der Waals surface area (Å²) in [4.78, 5) is 31.5. The van der Waals surface area contributed by atoms with E-state index in [0.717, 1.165) is 51.9 Å². The van der Waals surface area contributed by atoms with Gasteiger partial charge in [0, 0.05) is 23.2 Å². The molecular weight excluding hydrogens is 532 g/mol. The lowest BCUT2D eigenvalue weighted by Gasteiger charge is -2.39. The van der Waals surface area contributed by atoms with E-state index < -0.39 is 0 Å². The van der Waals surface area contributed by atoms with Crippen LogP contribution in [0.25, 0.3) is 16.5 Å². The van der Waals surface area contributed by atoms with Crippen LogP contribution in [-0.2, 0) is 4.79 Å². The van der Waals surface area contributed by atoms with Crippen LogP contribution in [0.2, 0.25) is 5.02 Å². The molecular formula is C34H31ClN4O2. The summed E-state index contributed by atoms with van der Waals surface area (Å²) < 4.78 is 2.13. The predicted molar refractivity (Wildman–Crippen MR) is 166 cm³/mol. The van der Waals surface area contributed by atoms with Gasteiger partial charge in [-0.05, 0) is 59.8 Å². The number of anilines is 2. The summed E-state index contributed by atoms with van der Waals surface area (Å²) in [5.74, 6) is -0.158. The van der Waals surface area contributed by atoms with Crippen LogP contribution in [0.3, 0.4) is 0 Å². The van der Waals surface area contributed by atoms with Crippen LogP contribution in [0.4, 0.5) is 16.2 Å². The third kappa shape index (κ3) is 5.19. The number of benzene rings is 4. The molecule has 6 nitrogen and oxygen atoms in total. The van der Waals surface area contributed by atoms with E-state index in [1.165, 1.54) is 0 Å². The molecule has 1 aromatic heterocycles. The summed E-state index contributed by atoms with van der Waals surface area (Å²) in [5, 5.41) is 5.71. The molecule has 0 spiro atoms. The number of rotatable bonds is 7. The van der Waals surface area contributed by atoms with Gasteiger partial charge in [0.2, 0.25) is 5.91 Å². The van der Waals surface area contributed by atoms with Crippen LogP contribution in [0.1, 0.15) is 37.1 Å². The second-order valence-corrected chi connectivity index (χ2v) is 10.7. The summed E-state index contributed by atoms with van der Waals surface area (Å²) >= 11 is 6.23. The molecule has 1 atom stereocenters. The number of aromatic nitrogens is 1. The van der Waals surface area contributed by atoms with Crippen molar-refractivity contribution in [3.8, 4) is 5.69 Å². The molecule has 1 aliphatic rings.